The second-order valence-electron chi connectivity index (χ2n) is 5.12. The van der Waals surface area contributed by atoms with Gasteiger partial charge in [0.2, 0.25) is 10.6 Å². The summed E-state index contributed by atoms with van der Waals surface area (Å²) in [6, 6.07) is 2.75. The molecular weight excluding hydrogens is 408 g/mol. The molecule has 0 N–H and O–H groups in total. The summed E-state index contributed by atoms with van der Waals surface area (Å²) in [5.41, 5.74) is -7.43. The number of benzene rings is 1. The van der Waals surface area contributed by atoms with Crippen LogP contribution in [0.3, 0.4) is 0 Å². The lowest BCUT2D eigenvalue weighted by molar-refractivity contribution is -0.137. The fraction of sp³-hybridized carbons (Fsp3) is 0.286. The fourth-order valence-corrected chi connectivity index (χ4v) is 3.48. The molecule has 4 nitrogen and oxygen atoms in total. The van der Waals surface area contributed by atoms with E-state index < -0.39 is 44.0 Å². The maximum Gasteiger partial charge on any atom is 0.578 e. The Kier molecular flexibility index (Phi) is 5.24. The number of nitriles is 1. The third kappa shape index (κ3) is 3.62. The molecule has 0 spiro atoms. The molecule has 2 aromatic rings. The number of hydrogen-bond donors (Lipinski definition) is 0. The van der Waals surface area contributed by atoms with Gasteiger partial charge in [-0.3, -0.25) is 0 Å². The number of halogens is 7. The SMILES string of the molecule is Cc1cc(C(F)(F)F)cc(Cl)c1-n1nc(C#N)c([S+]([O-])C(F)(F)F)c1C. The number of aromatic nitrogens is 2. The number of alkyl halides is 6. The quantitative estimate of drug-likeness (QED) is 0.529. The van der Waals surface area contributed by atoms with Gasteiger partial charge in [0.15, 0.2) is 0 Å². The molecule has 140 valence electrons. The summed E-state index contributed by atoms with van der Waals surface area (Å²) < 4.78 is 89.3. The van der Waals surface area contributed by atoms with E-state index in [1.54, 1.807) is 0 Å². The first-order chi connectivity index (χ1) is 11.8. The van der Waals surface area contributed by atoms with E-state index in [4.69, 9.17) is 16.9 Å². The van der Waals surface area contributed by atoms with Gasteiger partial charge in [0.1, 0.15) is 17.2 Å². The van der Waals surface area contributed by atoms with Crippen molar-refractivity contribution in [3.05, 3.63) is 39.7 Å². The first-order valence-electron chi connectivity index (χ1n) is 6.65. The Hall–Kier alpha value is -1.90. The monoisotopic (exact) mass is 415 g/mol. The summed E-state index contributed by atoms with van der Waals surface area (Å²) in [5, 5.41) is 12.2. The van der Waals surface area contributed by atoms with Crippen molar-refractivity contribution in [2.24, 2.45) is 0 Å². The molecule has 0 saturated heterocycles. The first-order valence-corrected chi connectivity index (χ1v) is 8.17. The van der Waals surface area contributed by atoms with Crippen molar-refractivity contribution in [3.63, 3.8) is 0 Å². The van der Waals surface area contributed by atoms with Crippen LogP contribution in [0.1, 0.15) is 22.5 Å². The van der Waals surface area contributed by atoms with Gasteiger partial charge in [-0.15, -0.1) is 13.2 Å². The number of rotatable bonds is 2. The summed E-state index contributed by atoms with van der Waals surface area (Å²) in [5.74, 6) is 0. The van der Waals surface area contributed by atoms with E-state index in [-0.39, 0.29) is 16.9 Å². The van der Waals surface area contributed by atoms with E-state index in [0.717, 1.165) is 17.7 Å². The number of nitrogens with zero attached hydrogens (tertiary/aromatic N) is 3. The lowest BCUT2D eigenvalue weighted by atomic mass is 10.1. The zero-order valence-corrected chi connectivity index (χ0v) is 14.5. The van der Waals surface area contributed by atoms with E-state index in [1.807, 2.05) is 0 Å². The van der Waals surface area contributed by atoms with Gasteiger partial charge in [0, 0.05) is 0 Å². The van der Waals surface area contributed by atoms with Crippen molar-refractivity contribution < 1.29 is 30.9 Å². The lowest BCUT2D eigenvalue weighted by Gasteiger charge is -2.15. The van der Waals surface area contributed by atoms with Crippen LogP contribution in [0.2, 0.25) is 5.02 Å². The van der Waals surface area contributed by atoms with Crippen LogP contribution in [0.4, 0.5) is 26.3 Å². The Labute approximate surface area is 151 Å². The molecule has 1 aromatic carbocycles. The van der Waals surface area contributed by atoms with Crippen molar-refractivity contribution in [1.82, 2.24) is 9.78 Å². The summed E-state index contributed by atoms with van der Waals surface area (Å²) in [6.45, 7) is 2.37. The molecule has 1 heterocycles. The van der Waals surface area contributed by atoms with Gasteiger partial charge in [0.05, 0.1) is 22.0 Å². The molecule has 0 saturated carbocycles. The summed E-state index contributed by atoms with van der Waals surface area (Å²) >= 11 is 2.34. The minimum atomic E-state index is -5.14. The molecular formula is C14H8ClF6N3OS. The summed E-state index contributed by atoms with van der Waals surface area (Å²) in [4.78, 5) is -0.865. The molecule has 12 heteroatoms. The van der Waals surface area contributed by atoms with Crippen molar-refractivity contribution >= 4 is 22.8 Å². The van der Waals surface area contributed by atoms with E-state index in [1.165, 1.54) is 13.0 Å². The molecule has 0 fully saturated rings. The molecule has 1 atom stereocenters. The third-order valence-electron chi connectivity index (χ3n) is 3.36. The Morgan fingerprint density at radius 3 is 2.19 bits per heavy atom. The van der Waals surface area contributed by atoms with Gasteiger partial charge in [-0.05, 0) is 31.5 Å². The van der Waals surface area contributed by atoms with E-state index in [0.29, 0.717) is 6.07 Å². The highest BCUT2D eigenvalue weighted by Gasteiger charge is 2.49. The lowest BCUT2D eigenvalue weighted by Crippen LogP contribution is -2.24. The molecule has 0 aliphatic carbocycles. The van der Waals surface area contributed by atoms with E-state index in [2.05, 4.69) is 5.10 Å². The average molecular weight is 416 g/mol. The Bertz CT molecular complexity index is 877. The predicted octanol–water partition coefficient (Wildman–Crippen LogP) is 4.66. The second kappa shape index (κ2) is 6.68. The van der Waals surface area contributed by atoms with Crippen molar-refractivity contribution in [2.45, 2.75) is 30.4 Å². The van der Waals surface area contributed by atoms with E-state index in [9.17, 15) is 30.9 Å². The van der Waals surface area contributed by atoms with Crippen LogP contribution in [0.5, 0.6) is 0 Å². The van der Waals surface area contributed by atoms with Crippen molar-refractivity contribution in [2.75, 3.05) is 0 Å². The first kappa shape index (κ1) is 20.4. The van der Waals surface area contributed by atoms with Crippen LogP contribution in [0, 0.1) is 25.2 Å². The van der Waals surface area contributed by atoms with Crippen LogP contribution in [0.25, 0.3) is 5.69 Å². The zero-order valence-electron chi connectivity index (χ0n) is 13.0. The van der Waals surface area contributed by atoms with Crippen molar-refractivity contribution in [1.29, 1.82) is 5.26 Å². The molecule has 26 heavy (non-hydrogen) atoms. The van der Waals surface area contributed by atoms with Gasteiger partial charge < -0.3 is 4.55 Å². The smallest absolute Gasteiger partial charge is 0.578 e. The highest BCUT2D eigenvalue weighted by molar-refractivity contribution is 7.92. The topological polar surface area (TPSA) is 64.7 Å². The maximum atomic E-state index is 12.8. The molecule has 0 amide bonds. The van der Waals surface area contributed by atoms with E-state index >= 15 is 0 Å². The number of hydrogen-bond acceptors (Lipinski definition) is 3. The molecule has 1 aromatic heterocycles. The molecule has 0 aliphatic heterocycles. The highest BCUT2D eigenvalue weighted by atomic mass is 35.5. The van der Waals surface area contributed by atoms with Gasteiger partial charge in [-0.1, -0.05) is 11.6 Å². The Balaban J connectivity index is 2.72. The van der Waals surface area contributed by atoms with Gasteiger partial charge in [-0.2, -0.15) is 23.5 Å². The minimum Gasteiger partial charge on any atom is -0.604 e. The zero-order chi connectivity index (χ0) is 20.0. The Morgan fingerprint density at radius 1 is 1.19 bits per heavy atom. The van der Waals surface area contributed by atoms with Gasteiger partial charge in [0.25, 0.3) is 0 Å². The highest BCUT2D eigenvalue weighted by Crippen LogP contribution is 2.38. The van der Waals surface area contributed by atoms with Crippen LogP contribution in [-0.2, 0) is 17.4 Å². The second-order valence-corrected chi connectivity index (χ2v) is 6.94. The summed E-state index contributed by atoms with van der Waals surface area (Å²) in [7, 11) is 0. The van der Waals surface area contributed by atoms with Gasteiger partial charge in [-0.25, -0.2) is 4.68 Å². The van der Waals surface area contributed by atoms with Crippen LogP contribution in [-0.4, -0.2) is 19.8 Å². The average Bonchev–Trinajstić information content (AvgIpc) is 2.80. The third-order valence-corrected chi connectivity index (χ3v) is 4.92. The molecule has 0 radical (unpaired) electrons. The molecule has 0 bridgehead atoms. The summed E-state index contributed by atoms with van der Waals surface area (Å²) in [6.07, 6.45) is -4.67. The van der Waals surface area contributed by atoms with Crippen LogP contribution < -0.4 is 0 Å². The predicted molar refractivity (Wildman–Crippen MR) is 80.2 cm³/mol. The molecule has 2 rings (SSSR count). The minimum absolute atomic E-state index is 0.0377. The molecule has 1 unspecified atom stereocenters. The van der Waals surface area contributed by atoms with Gasteiger partial charge >= 0.3 is 11.7 Å². The normalized spacial score (nSPS) is 13.6. The molecule has 0 aliphatic rings. The fourth-order valence-electron chi connectivity index (χ4n) is 2.28. The maximum absolute atomic E-state index is 12.8. The van der Waals surface area contributed by atoms with Crippen LogP contribution >= 0.6 is 11.6 Å². The standard InChI is InChI=1S/C14H8ClF6N3OS/c1-6-3-8(13(16,17)18)4-9(15)11(6)24-7(2)12(10(5-22)23-24)26(25)14(19,20)21/h3-4H,1-2H3. The largest absolute Gasteiger partial charge is 0.604 e. The Morgan fingerprint density at radius 2 is 1.77 bits per heavy atom. The van der Waals surface area contributed by atoms with Crippen LogP contribution in [0.15, 0.2) is 17.0 Å². The van der Waals surface area contributed by atoms with Crippen molar-refractivity contribution in [3.8, 4) is 11.8 Å². The number of aryl methyl sites for hydroxylation is 1.